The van der Waals surface area contributed by atoms with Gasteiger partial charge in [-0.1, -0.05) is 0 Å². The number of amides is 2. The molecular weight excluding hydrogens is 401 g/mol. The third-order valence-electron chi connectivity index (χ3n) is 6.13. The van der Waals surface area contributed by atoms with Crippen molar-refractivity contribution in [2.75, 3.05) is 5.32 Å². The van der Waals surface area contributed by atoms with Crippen molar-refractivity contribution in [1.82, 2.24) is 9.88 Å². The molecule has 1 aliphatic carbocycles. The Morgan fingerprint density at radius 1 is 1.23 bits per heavy atom. The smallest absolute Gasteiger partial charge is 0.257 e. The Morgan fingerprint density at radius 2 is 1.94 bits per heavy atom. The van der Waals surface area contributed by atoms with Gasteiger partial charge in [-0.25, -0.2) is 4.39 Å². The van der Waals surface area contributed by atoms with Crippen LogP contribution in [0.3, 0.4) is 0 Å². The molecule has 1 heterocycles. The first-order valence-electron chi connectivity index (χ1n) is 10.5. The van der Waals surface area contributed by atoms with Gasteiger partial charge in [0.1, 0.15) is 5.82 Å². The number of anilines is 1. The number of carbonyl (C=O) groups excluding carboxylic acids is 2. The Bertz CT molecular complexity index is 1000. The van der Waals surface area contributed by atoms with Gasteiger partial charge in [-0.15, -0.1) is 0 Å². The summed E-state index contributed by atoms with van der Waals surface area (Å²) in [5.74, 6) is -1.30. The molecule has 0 aliphatic heterocycles. The van der Waals surface area contributed by atoms with Crippen molar-refractivity contribution in [1.29, 1.82) is 0 Å². The molecule has 1 aromatic carbocycles. The lowest BCUT2D eigenvalue weighted by molar-refractivity contribution is -0.131. The van der Waals surface area contributed by atoms with E-state index in [0.717, 1.165) is 19.3 Å². The fourth-order valence-corrected chi connectivity index (χ4v) is 4.34. The number of nitrogens with one attached hydrogen (secondary N) is 2. The van der Waals surface area contributed by atoms with Gasteiger partial charge < -0.3 is 25.4 Å². The van der Waals surface area contributed by atoms with Crippen molar-refractivity contribution in [3.63, 3.8) is 0 Å². The summed E-state index contributed by atoms with van der Waals surface area (Å²) in [4.78, 5) is 25.6. The maximum atomic E-state index is 13.5. The topological polar surface area (TPSA) is 104 Å². The van der Waals surface area contributed by atoms with Crippen LogP contribution in [0.25, 0.3) is 0 Å². The lowest BCUT2D eigenvalue weighted by atomic mass is 9.93. The summed E-state index contributed by atoms with van der Waals surface area (Å²) >= 11 is 0. The molecule has 4 N–H and O–H groups in total. The number of hydrogen-bond acceptors (Lipinski definition) is 4. The van der Waals surface area contributed by atoms with E-state index >= 15 is 0 Å². The number of hydrogen-bond donors (Lipinski definition) is 4. The van der Waals surface area contributed by atoms with Crippen molar-refractivity contribution in [2.45, 2.75) is 64.7 Å². The molecular formula is C23H30FN3O4. The number of nitrogens with zero attached hydrogens (tertiary/aromatic N) is 1. The van der Waals surface area contributed by atoms with Crippen LogP contribution in [0.1, 0.15) is 64.7 Å². The van der Waals surface area contributed by atoms with Gasteiger partial charge in [0, 0.05) is 24.5 Å². The highest BCUT2D eigenvalue weighted by Gasteiger charge is 2.31. The summed E-state index contributed by atoms with van der Waals surface area (Å²) in [7, 11) is 1.69. The first-order valence-corrected chi connectivity index (χ1v) is 10.5. The Kier molecular flexibility index (Phi) is 6.81. The first-order chi connectivity index (χ1) is 14.6. The molecule has 8 heteroatoms. The molecule has 31 heavy (non-hydrogen) atoms. The van der Waals surface area contributed by atoms with E-state index in [-0.39, 0.29) is 11.9 Å². The molecule has 0 radical (unpaired) electrons. The second-order valence-electron chi connectivity index (χ2n) is 8.38. The summed E-state index contributed by atoms with van der Waals surface area (Å²) < 4.78 is 15.1. The maximum Gasteiger partial charge on any atom is 0.257 e. The van der Waals surface area contributed by atoms with Gasteiger partial charge in [-0.3, -0.25) is 9.59 Å². The minimum Gasteiger partial charge on any atom is -0.393 e. The molecule has 1 unspecified atom stereocenters. The summed E-state index contributed by atoms with van der Waals surface area (Å²) in [5, 5.41) is 26.1. The van der Waals surface area contributed by atoms with Crippen LogP contribution in [0, 0.1) is 26.6 Å². The Labute approximate surface area is 181 Å². The predicted molar refractivity (Wildman–Crippen MR) is 115 cm³/mol. The number of aliphatic hydroxyl groups excluding tert-OH is 2. The highest BCUT2D eigenvalue weighted by Crippen LogP contribution is 2.28. The summed E-state index contributed by atoms with van der Waals surface area (Å²) in [6.07, 6.45) is 0.868. The number of aryl methyl sites for hydroxylation is 1. The lowest BCUT2D eigenvalue weighted by Crippen LogP contribution is -2.42. The van der Waals surface area contributed by atoms with E-state index in [4.69, 9.17) is 0 Å². The van der Waals surface area contributed by atoms with Crippen LogP contribution in [-0.2, 0) is 11.8 Å². The Hall–Kier alpha value is -2.71. The zero-order chi connectivity index (χ0) is 22.9. The quantitative estimate of drug-likeness (QED) is 0.584. The van der Waals surface area contributed by atoms with Crippen molar-refractivity contribution < 1.29 is 24.2 Å². The van der Waals surface area contributed by atoms with E-state index in [1.54, 1.807) is 38.5 Å². The molecule has 0 saturated heterocycles. The first kappa shape index (κ1) is 23.0. The van der Waals surface area contributed by atoms with Gasteiger partial charge >= 0.3 is 0 Å². The number of benzene rings is 1. The van der Waals surface area contributed by atoms with Crippen LogP contribution < -0.4 is 10.6 Å². The largest absolute Gasteiger partial charge is 0.393 e. The van der Waals surface area contributed by atoms with Crippen molar-refractivity contribution in [3.05, 3.63) is 52.1 Å². The van der Waals surface area contributed by atoms with Crippen molar-refractivity contribution >= 4 is 17.5 Å². The van der Waals surface area contributed by atoms with Crippen molar-refractivity contribution in [3.8, 4) is 0 Å². The molecule has 0 bridgehead atoms. The molecule has 1 aliphatic rings. The molecule has 1 aromatic heterocycles. The summed E-state index contributed by atoms with van der Waals surface area (Å²) in [6, 6.07) is 4.13. The van der Waals surface area contributed by atoms with Crippen LogP contribution in [0.4, 0.5) is 10.1 Å². The number of carbonyl (C=O) groups is 2. The Balaban J connectivity index is 1.81. The van der Waals surface area contributed by atoms with Crippen LogP contribution in [0.2, 0.25) is 0 Å². The van der Waals surface area contributed by atoms with Gasteiger partial charge in [0.2, 0.25) is 0 Å². The van der Waals surface area contributed by atoms with Crippen LogP contribution >= 0.6 is 0 Å². The number of aromatic nitrogens is 1. The number of rotatable bonds is 5. The molecule has 1 fully saturated rings. The average molecular weight is 432 g/mol. The second kappa shape index (κ2) is 9.20. The van der Waals surface area contributed by atoms with Crippen LogP contribution in [-0.4, -0.2) is 38.7 Å². The average Bonchev–Trinajstić information content (AvgIpc) is 2.92. The molecule has 0 spiro atoms. The van der Waals surface area contributed by atoms with Gasteiger partial charge in [-0.2, -0.15) is 0 Å². The molecule has 3 atom stereocenters. The number of aliphatic hydroxyl groups is 2. The molecule has 2 aromatic rings. The second-order valence-corrected chi connectivity index (χ2v) is 8.38. The van der Waals surface area contributed by atoms with E-state index < -0.39 is 24.0 Å². The number of halogens is 1. The van der Waals surface area contributed by atoms with E-state index in [0.29, 0.717) is 40.2 Å². The normalized spacial score (nSPS) is 19.7. The van der Waals surface area contributed by atoms with Crippen LogP contribution in [0.15, 0.2) is 18.2 Å². The third-order valence-corrected chi connectivity index (χ3v) is 6.13. The van der Waals surface area contributed by atoms with E-state index in [1.165, 1.54) is 12.1 Å². The molecule has 1 saturated carbocycles. The molecule has 3 rings (SSSR count). The zero-order valence-corrected chi connectivity index (χ0v) is 18.3. The minimum atomic E-state index is -1.45. The molecule has 7 nitrogen and oxygen atoms in total. The zero-order valence-electron chi connectivity index (χ0n) is 18.3. The lowest BCUT2D eigenvalue weighted by Gasteiger charge is -2.27. The van der Waals surface area contributed by atoms with Crippen molar-refractivity contribution in [2.24, 2.45) is 7.05 Å². The third kappa shape index (κ3) is 4.80. The predicted octanol–water partition coefficient (Wildman–Crippen LogP) is 2.79. The monoisotopic (exact) mass is 431 g/mol. The molecule has 168 valence electrons. The summed E-state index contributed by atoms with van der Waals surface area (Å²) in [6.45, 7) is 5.04. The standard InChI is InChI=1S/C23H30FN3O4/c1-12-10-16(8-9-18(12)24)25-22(30)19-13(2)20(27(4)14(19)3)21(29)23(31)26-15-6-5-7-17(28)11-15/h8-10,15,17,21,28-29H,5-7,11H2,1-4H3,(H,25,30)(H,26,31)/t15-,17+,21?/m1/s1. The highest BCUT2D eigenvalue weighted by atomic mass is 19.1. The van der Waals surface area contributed by atoms with Gasteiger partial charge in [0.15, 0.2) is 6.10 Å². The van der Waals surface area contributed by atoms with E-state index in [2.05, 4.69) is 10.6 Å². The fourth-order valence-electron chi connectivity index (χ4n) is 4.34. The highest BCUT2D eigenvalue weighted by molar-refractivity contribution is 6.06. The Morgan fingerprint density at radius 3 is 2.58 bits per heavy atom. The van der Waals surface area contributed by atoms with Gasteiger partial charge in [0.25, 0.3) is 11.8 Å². The van der Waals surface area contributed by atoms with Crippen LogP contribution in [0.5, 0.6) is 0 Å². The van der Waals surface area contributed by atoms with Gasteiger partial charge in [-0.05, 0) is 75.8 Å². The maximum absolute atomic E-state index is 13.5. The van der Waals surface area contributed by atoms with E-state index in [1.807, 2.05) is 0 Å². The minimum absolute atomic E-state index is 0.183. The molecule has 2 amide bonds. The SMILES string of the molecule is Cc1cc(NC(=O)c2c(C)c(C(O)C(=O)N[C@@H]3CCC[C@H](O)C3)n(C)c2C)ccc1F. The summed E-state index contributed by atoms with van der Waals surface area (Å²) in [5.41, 5.74) is 2.68. The van der Waals surface area contributed by atoms with E-state index in [9.17, 15) is 24.2 Å². The van der Waals surface area contributed by atoms with Gasteiger partial charge in [0.05, 0.1) is 17.4 Å². The fraction of sp³-hybridized carbons (Fsp3) is 0.478.